The van der Waals surface area contributed by atoms with Gasteiger partial charge in [0.25, 0.3) is 0 Å². The number of carbonyl (C=O) groups is 2. The third-order valence-corrected chi connectivity index (χ3v) is 2.08. The number of hydrogen-bond acceptors (Lipinski definition) is 4. The summed E-state index contributed by atoms with van der Waals surface area (Å²) >= 11 is 0. The van der Waals surface area contributed by atoms with Crippen molar-refractivity contribution in [3.63, 3.8) is 0 Å². The number of rotatable bonds is 10. The fourth-order valence-corrected chi connectivity index (χ4v) is 1.10. The Balaban J connectivity index is -0.000000247. The Hall–Kier alpha value is -1.40. The van der Waals surface area contributed by atoms with Gasteiger partial charge in [-0.1, -0.05) is 27.7 Å². The maximum Gasteiger partial charge on any atom is 0.328 e. The Bertz CT molecular complexity index is 235. The van der Waals surface area contributed by atoms with Gasteiger partial charge >= 0.3 is 11.9 Å². The molecule has 0 saturated heterocycles. The minimum atomic E-state index is -1.26. The zero-order valence-electron chi connectivity index (χ0n) is 14.5. The molecule has 0 aliphatic rings. The molecule has 0 atom stereocenters. The third kappa shape index (κ3) is 42.8. The van der Waals surface area contributed by atoms with E-state index in [0.717, 1.165) is 0 Å². The van der Waals surface area contributed by atoms with Gasteiger partial charge in [0, 0.05) is 12.2 Å². The average molecular weight is 318 g/mol. The second kappa shape index (κ2) is 24.6. The van der Waals surface area contributed by atoms with Crippen molar-refractivity contribution in [1.29, 1.82) is 0 Å². The first-order chi connectivity index (χ1) is 10.5. The van der Waals surface area contributed by atoms with Crippen molar-refractivity contribution in [2.75, 3.05) is 26.2 Å². The summed E-state index contributed by atoms with van der Waals surface area (Å²) in [5.74, 6) is -2.51. The fraction of sp³-hybridized carbons (Fsp3) is 0.750. The highest BCUT2D eigenvalue weighted by molar-refractivity contribution is 5.89. The maximum atomic E-state index is 9.55. The number of carboxylic acids is 2. The predicted molar refractivity (Wildman–Crippen MR) is 91.3 cm³/mol. The molecule has 6 heteroatoms. The molecular formula is C16H34N2O4. The lowest BCUT2D eigenvalue weighted by atomic mass is 10.4. The molecule has 0 saturated carbocycles. The summed E-state index contributed by atoms with van der Waals surface area (Å²) in [6, 6.07) is 0. The molecule has 4 N–H and O–H groups in total. The number of carboxylic acid groups (broad SMARTS) is 2. The topological polar surface area (TPSA) is 98.7 Å². The number of nitrogens with one attached hydrogen (secondary N) is 2. The van der Waals surface area contributed by atoms with E-state index in [1.165, 1.54) is 51.9 Å². The van der Waals surface area contributed by atoms with E-state index in [1.807, 2.05) is 0 Å². The Morgan fingerprint density at radius 3 is 1.05 bits per heavy atom. The van der Waals surface area contributed by atoms with E-state index in [1.54, 1.807) is 0 Å². The largest absolute Gasteiger partial charge is 0.478 e. The molecule has 0 bridgehead atoms. The van der Waals surface area contributed by atoms with Gasteiger partial charge in [-0.2, -0.15) is 0 Å². The average Bonchev–Trinajstić information content (AvgIpc) is 2.48. The van der Waals surface area contributed by atoms with Crippen LogP contribution in [0.2, 0.25) is 0 Å². The maximum absolute atomic E-state index is 9.55. The van der Waals surface area contributed by atoms with E-state index in [4.69, 9.17) is 10.2 Å². The van der Waals surface area contributed by atoms with Gasteiger partial charge < -0.3 is 20.8 Å². The zero-order chi connectivity index (χ0) is 17.6. The van der Waals surface area contributed by atoms with Crippen molar-refractivity contribution in [2.45, 2.75) is 53.4 Å². The van der Waals surface area contributed by atoms with Crippen LogP contribution in [0.25, 0.3) is 0 Å². The van der Waals surface area contributed by atoms with Gasteiger partial charge in [0.1, 0.15) is 0 Å². The normalized spacial score (nSPS) is 9.45. The standard InChI is InChI=1S/2C6H15N.C4H4O4/c2*1-3-5-7-6-4-2;5-3(6)1-2-4(7)8/h2*7H,3-6H2,1-2H3;1-2H,(H,5,6)(H,7,8)/b;;2-1+. The molecule has 0 aliphatic heterocycles. The lowest BCUT2D eigenvalue weighted by molar-refractivity contribution is -0.134. The molecule has 0 radical (unpaired) electrons. The molecule has 0 spiro atoms. The van der Waals surface area contributed by atoms with Crippen molar-refractivity contribution in [3.05, 3.63) is 12.2 Å². The van der Waals surface area contributed by atoms with Crippen LogP contribution in [0, 0.1) is 0 Å². The van der Waals surface area contributed by atoms with Gasteiger partial charge in [-0.25, -0.2) is 9.59 Å². The second-order valence-electron chi connectivity index (χ2n) is 4.51. The minimum absolute atomic E-state index is 0.558. The second-order valence-corrected chi connectivity index (χ2v) is 4.51. The van der Waals surface area contributed by atoms with E-state index in [9.17, 15) is 9.59 Å². The summed E-state index contributed by atoms with van der Waals surface area (Å²) < 4.78 is 0. The molecule has 22 heavy (non-hydrogen) atoms. The van der Waals surface area contributed by atoms with Crippen LogP contribution in [0.4, 0.5) is 0 Å². The highest BCUT2D eigenvalue weighted by atomic mass is 16.4. The van der Waals surface area contributed by atoms with E-state index < -0.39 is 11.9 Å². The molecule has 0 amide bonds. The van der Waals surface area contributed by atoms with E-state index in [-0.39, 0.29) is 0 Å². The summed E-state index contributed by atoms with van der Waals surface area (Å²) in [5.41, 5.74) is 0. The first kappa shape index (κ1) is 25.5. The van der Waals surface area contributed by atoms with Gasteiger partial charge in [-0.15, -0.1) is 0 Å². The van der Waals surface area contributed by atoms with Gasteiger partial charge in [-0.3, -0.25) is 0 Å². The Labute approximate surface area is 135 Å². The van der Waals surface area contributed by atoms with Crippen LogP contribution in [-0.2, 0) is 9.59 Å². The molecule has 0 unspecified atom stereocenters. The Morgan fingerprint density at radius 1 is 0.682 bits per heavy atom. The first-order valence-corrected chi connectivity index (χ1v) is 8.01. The van der Waals surface area contributed by atoms with E-state index in [0.29, 0.717) is 12.2 Å². The summed E-state index contributed by atoms with van der Waals surface area (Å²) in [6.07, 6.45) is 6.12. The number of hydrogen-bond donors (Lipinski definition) is 4. The van der Waals surface area contributed by atoms with Crippen LogP contribution in [0.1, 0.15) is 53.4 Å². The zero-order valence-corrected chi connectivity index (χ0v) is 14.5. The van der Waals surface area contributed by atoms with Crippen molar-refractivity contribution in [2.24, 2.45) is 0 Å². The van der Waals surface area contributed by atoms with Crippen LogP contribution in [-0.4, -0.2) is 48.3 Å². The molecule has 6 nitrogen and oxygen atoms in total. The number of aliphatic carboxylic acids is 2. The summed E-state index contributed by atoms with van der Waals surface area (Å²) in [5, 5.41) is 22.2. The Morgan fingerprint density at radius 2 is 0.909 bits per heavy atom. The van der Waals surface area contributed by atoms with Crippen LogP contribution in [0.5, 0.6) is 0 Å². The summed E-state index contributed by atoms with van der Waals surface area (Å²) in [4.78, 5) is 19.1. The van der Waals surface area contributed by atoms with Gasteiger partial charge in [0.2, 0.25) is 0 Å². The summed E-state index contributed by atoms with van der Waals surface area (Å²) in [7, 11) is 0. The van der Waals surface area contributed by atoms with Crippen LogP contribution >= 0.6 is 0 Å². The molecule has 132 valence electrons. The van der Waals surface area contributed by atoms with E-state index >= 15 is 0 Å². The van der Waals surface area contributed by atoms with Crippen LogP contribution in [0.15, 0.2) is 12.2 Å². The minimum Gasteiger partial charge on any atom is -0.478 e. The van der Waals surface area contributed by atoms with Crippen molar-refractivity contribution in [1.82, 2.24) is 10.6 Å². The molecule has 0 aromatic carbocycles. The molecular weight excluding hydrogens is 284 g/mol. The van der Waals surface area contributed by atoms with Gasteiger partial charge in [0.05, 0.1) is 0 Å². The molecule has 0 heterocycles. The van der Waals surface area contributed by atoms with Gasteiger partial charge in [-0.05, 0) is 51.9 Å². The molecule has 0 rings (SSSR count). The molecule has 0 aliphatic carbocycles. The molecule has 0 aromatic heterocycles. The SMILES string of the molecule is CCCNCCC.CCCNCCC.O=C(O)/C=C/C(=O)O. The highest BCUT2D eigenvalue weighted by Crippen LogP contribution is 1.72. The van der Waals surface area contributed by atoms with Crippen molar-refractivity contribution < 1.29 is 19.8 Å². The Kier molecular flexibility index (Phi) is 28.6. The predicted octanol–water partition coefficient (Wildman–Crippen LogP) is 2.50. The summed E-state index contributed by atoms with van der Waals surface area (Å²) in [6.45, 7) is 13.4. The lowest BCUT2D eigenvalue weighted by Gasteiger charge is -1.95. The molecule has 0 fully saturated rings. The lowest BCUT2D eigenvalue weighted by Crippen LogP contribution is -2.14. The van der Waals surface area contributed by atoms with Crippen molar-refractivity contribution in [3.8, 4) is 0 Å². The first-order valence-electron chi connectivity index (χ1n) is 8.01. The van der Waals surface area contributed by atoms with Crippen LogP contribution in [0.3, 0.4) is 0 Å². The van der Waals surface area contributed by atoms with Gasteiger partial charge in [0.15, 0.2) is 0 Å². The molecule has 0 aromatic rings. The highest BCUT2D eigenvalue weighted by Gasteiger charge is 1.88. The fourth-order valence-electron chi connectivity index (χ4n) is 1.10. The van der Waals surface area contributed by atoms with Crippen molar-refractivity contribution >= 4 is 11.9 Å². The van der Waals surface area contributed by atoms with Crippen LogP contribution < -0.4 is 10.6 Å². The quantitative estimate of drug-likeness (QED) is 0.365. The monoisotopic (exact) mass is 318 g/mol. The smallest absolute Gasteiger partial charge is 0.328 e. The van der Waals surface area contributed by atoms with E-state index in [2.05, 4.69) is 38.3 Å². The third-order valence-electron chi connectivity index (χ3n) is 2.08.